The molecule has 1 aromatic rings. The summed E-state index contributed by atoms with van der Waals surface area (Å²) >= 11 is 1.70. The third-order valence-corrected chi connectivity index (χ3v) is 5.09. The quantitative estimate of drug-likeness (QED) is 0.800. The molecule has 1 unspecified atom stereocenters. The Labute approximate surface area is 113 Å². The van der Waals surface area contributed by atoms with E-state index in [1.807, 2.05) is 13.8 Å². The van der Waals surface area contributed by atoms with Crippen molar-refractivity contribution in [3.8, 4) is 0 Å². The average molecular weight is 289 g/mol. The van der Waals surface area contributed by atoms with Crippen LogP contribution in [0.1, 0.15) is 19.4 Å². The van der Waals surface area contributed by atoms with Gasteiger partial charge < -0.3 is 5.11 Å². The predicted molar refractivity (Wildman–Crippen MR) is 75.1 cm³/mol. The summed E-state index contributed by atoms with van der Waals surface area (Å²) < 4.78 is 26.7. The fraction of sp³-hybridized carbons (Fsp3) is 0.500. The highest BCUT2D eigenvalue weighted by molar-refractivity contribution is 7.99. The van der Waals surface area contributed by atoms with Crippen molar-refractivity contribution in [3.63, 3.8) is 0 Å². The zero-order chi connectivity index (χ0) is 13.6. The fourth-order valence-electron chi connectivity index (χ4n) is 1.44. The first-order valence-electron chi connectivity index (χ1n) is 5.79. The smallest absolute Gasteiger partial charge is 0.240 e. The molecule has 1 aromatic carbocycles. The van der Waals surface area contributed by atoms with Crippen LogP contribution in [0.25, 0.3) is 0 Å². The summed E-state index contributed by atoms with van der Waals surface area (Å²) in [5.74, 6) is 1.72. The molecule has 0 aliphatic rings. The number of hydrogen-bond donors (Lipinski definition) is 2. The average Bonchev–Trinajstić information content (AvgIpc) is 2.36. The molecule has 0 heterocycles. The minimum Gasteiger partial charge on any atom is -0.392 e. The molecular formula is C12H19NO3S2. The van der Waals surface area contributed by atoms with Crippen molar-refractivity contribution in [2.45, 2.75) is 31.4 Å². The van der Waals surface area contributed by atoms with Crippen LogP contribution in [0.15, 0.2) is 29.2 Å². The van der Waals surface area contributed by atoms with E-state index in [9.17, 15) is 8.42 Å². The van der Waals surface area contributed by atoms with Gasteiger partial charge in [0.2, 0.25) is 10.0 Å². The number of benzene rings is 1. The van der Waals surface area contributed by atoms with Gasteiger partial charge in [-0.25, -0.2) is 13.1 Å². The van der Waals surface area contributed by atoms with E-state index in [0.29, 0.717) is 5.56 Å². The highest BCUT2D eigenvalue weighted by atomic mass is 32.2. The Kier molecular flexibility index (Phi) is 6.14. The summed E-state index contributed by atoms with van der Waals surface area (Å²) in [6.07, 6.45) is 0. The van der Waals surface area contributed by atoms with Crippen molar-refractivity contribution in [2.75, 3.05) is 11.5 Å². The molecule has 4 nitrogen and oxygen atoms in total. The van der Waals surface area contributed by atoms with Gasteiger partial charge in [-0.15, -0.1) is 0 Å². The van der Waals surface area contributed by atoms with E-state index in [4.69, 9.17) is 5.11 Å². The number of aliphatic hydroxyl groups excluding tert-OH is 1. The Morgan fingerprint density at radius 1 is 1.33 bits per heavy atom. The lowest BCUT2D eigenvalue weighted by Gasteiger charge is -2.13. The number of nitrogens with one attached hydrogen (secondary N) is 1. The lowest BCUT2D eigenvalue weighted by Crippen LogP contribution is -2.34. The number of hydrogen-bond acceptors (Lipinski definition) is 4. The lowest BCUT2D eigenvalue weighted by molar-refractivity contribution is 0.282. The van der Waals surface area contributed by atoms with Gasteiger partial charge in [-0.3, -0.25) is 0 Å². The molecule has 0 bridgehead atoms. The summed E-state index contributed by atoms with van der Waals surface area (Å²) in [5.41, 5.74) is 0.698. The number of aliphatic hydroxyl groups is 1. The molecule has 2 N–H and O–H groups in total. The Bertz CT molecular complexity index is 457. The third-order valence-electron chi connectivity index (χ3n) is 2.34. The van der Waals surface area contributed by atoms with Gasteiger partial charge in [0.05, 0.1) is 11.5 Å². The van der Waals surface area contributed by atoms with Crippen molar-refractivity contribution in [1.82, 2.24) is 4.72 Å². The van der Waals surface area contributed by atoms with Crippen LogP contribution in [0.4, 0.5) is 0 Å². The van der Waals surface area contributed by atoms with Crippen molar-refractivity contribution < 1.29 is 13.5 Å². The number of thioether (sulfide) groups is 1. The number of rotatable bonds is 7. The van der Waals surface area contributed by atoms with Crippen LogP contribution in [0, 0.1) is 0 Å². The first-order chi connectivity index (χ1) is 8.49. The summed E-state index contributed by atoms with van der Waals surface area (Å²) in [4.78, 5) is 0.230. The van der Waals surface area contributed by atoms with E-state index >= 15 is 0 Å². The van der Waals surface area contributed by atoms with Crippen molar-refractivity contribution in [1.29, 1.82) is 0 Å². The summed E-state index contributed by atoms with van der Waals surface area (Å²) in [7, 11) is -3.46. The normalized spacial score (nSPS) is 13.5. The van der Waals surface area contributed by atoms with Gasteiger partial charge in [-0.05, 0) is 30.4 Å². The second-order valence-corrected chi connectivity index (χ2v) is 7.02. The highest BCUT2D eigenvalue weighted by Crippen LogP contribution is 2.12. The van der Waals surface area contributed by atoms with Gasteiger partial charge >= 0.3 is 0 Å². The molecule has 0 aromatic heterocycles. The zero-order valence-electron chi connectivity index (χ0n) is 10.6. The van der Waals surface area contributed by atoms with Crippen LogP contribution in [0.5, 0.6) is 0 Å². The molecular weight excluding hydrogens is 270 g/mol. The van der Waals surface area contributed by atoms with Crippen molar-refractivity contribution >= 4 is 21.8 Å². The minimum atomic E-state index is -3.46. The lowest BCUT2D eigenvalue weighted by atomic mass is 10.2. The van der Waals surface area contributed by atoms with E-state index in [0.717, 1.165) is 11.5 Å². The molecule has 0 saturated carbocycles. The highest BCUT2D eigenvalue weighted by Gasteiger charge is 2.16. The topological polar surface area (TPSA) is 66.4 Å². The summed E-state index contributed by atoms with van der Waals surface area (Å²) in [6, 6.07) is 6.14. The van der Waals surface area contributed by atoms with Crippen LogP contribution in [0.3, 0.4) is 0 Å². The van der Waals surface area contributed by atoms with Crippen LogP contribution in [-0.2, 0) is 16.6 Å². The molecule has 0 aliphatic heterocycles. The molecule has 6 heteroatoms. The van der Waals surface area contributed by atoms with Gasteiger partial charge in [0, 0.05) is 11.8 Å². The van der Waals surface area contributed by atoms with Crippen LogP contribution >= 0.6 is 11.8 Å². The number of sulfonamides is 1. The van der Waals surface area contributed by atoms with E-state index in [1.165, 1.54) is 12.1 Å². The molecule has 0 spiro atoms. The molecule has 0 aliphatic carbocycles. The monoisotopic (exact) mass is 289 g/mol. The Balaban J connectivity index is 2.73. The van der Waals surface area contributed by atoms with E-state index in [1.54, 1.807) is 23.9 Å². The van der Waals surface area contributed by atoms with Crippen LogP contribution in [0.2, 0.25) is 0 Å². The summed E-state index contributed by atoms with van der Waals surface area (Å²) in [5, 5.41) is 8.91. The first kappa shape index (κ1) is 15.5. The Hall–Kier alpha value is -0.560. The predicted octanol–water partition coefficient (Wildman–Crippen LogP) is 1.60. The molecule has 0 radical (unpaired) electrons. The first-order valence-corrected chi connectivity index (χ1v) is 8.43. The molecule has 0 fully saturated rings. The molecule has 0 amide bonds. The van der Waals surface area contributed by atoms with Crippen molar-refractivity contribution in [2.24, 2.45) is 0 Å². The van der Waals surface area contributed by atoms with E-state index in [2.05, 4.69) is 4.72 Å². The molecule has 1 atom stereocenters. The van der Waals surface area contributed by atoms with E-state index < -0.39 is 10.0 Å². The van der Waals surface area contributed by atoms with Gasteiger partial charge in [-0.2, -0.15) is 11.8 Å². The second kappa shape index (κ2) is 7.13. The molecule has 18 heavy (non-hydrogen) atoms. The SMILES string of the molecule is CCSCC(C)NS(=O)(=O)c1ccc(CO)cc1. The van der Waals surface area contributed by atoms with Crippen LogP contribution in [-0.4, -0.2) is 31.1 Å². The van der Waals surface area contributed by atoms with Gasteiger partial charge in [-0.1, -0.05) is 19.1 Å². The Morgan fingerprint density at radius 2 is 1.94 bits per heavy atom. The summed E-state index contributed by atoms with van der Waals surface area (Å²) in [6.45, 7) is 3.80. The maximum Gasteiger partial charge on any atom is 0.240 e. The van der Waals surface area contributed by atoms with Crippen LogP contribution < -0.4 is 4.72 Å². The molecule has 0 saturated heterocycles. The van der Waals surface area contributed by atoms with Gasteiger partial charge in [0.1, 0.15) is 0 Å². The second-order valence-electron chi connectivity index (χ2n) is 3.98. The standard InChI is InChI=1S/C12H19NO3S2/c1-3-17-9-10(2)13-18(15,16)12-6-4-11(8-14)5-7-12/h4-7,10,13-14H,3,8-9H2,1-2H3. The maximum atomic E-state index is 12.0. The molecule has 102 valence electrons. The minimum absolute atomic E-state index is 0.0860. The third kappa shape index (κ3) is 4.61. The van der Waals surface area contributed by atoms with E-state index in [-0.39, 0.29) is 17.5 Å². The Morgan fingerprint density at radius 3 is 2.44 bits per heavy atom. The van der Waals surface area contributed by atoms with Gasteiger partial charge in [0.15, 0.2) is 0 Å². The van der Waals surface area contributed by atoms with Crippen molar-refractivity contribution in [3.05, 3.63) is 29.8 Å². The van der Waals surface area contributed by atoms with Gasteiger partial charge in [0.25, 0.3) is 0 Å². The molecule has 1 rings (SSSR count). The fourth-order valence-corrected chi connectivity index (χ4v) is 3.46. The zero-order valence-corrected chi connectivity index (χ0v) is 12.2. The maximum absolute atomic E-state index is 12.0. The largest absolute Gasteiger partial charge is 0.392 e.